The van der Waals surface area contributed by atoms with Gasteiger partial charge in [0.25, 0.3) is 0 Å². The number of carbonyl (C=O) groups is 1. The van der Waals surface area contributed by atoms with Crippen molar-refractivity contribution in [3.8, 4) is 0 Å². The molecule has 3 nitrogen and oxygen atoms in total. The largest absolute Gasteiger partial charge is 0.481 e. The smallest absolute Gasteiger partial charge is 0.308 e. The highest BCUT2D eigenvalue weighted by atomic mass is 32.1. The van der Waals surface area contributed by atoms with Gasteiger partial charge in [0.15, 0.2) is 0 Å². The van der Waals surface area contributed by atoms with Gasteiger partial charge in [-0.25, -0.2) is 0 Å². The molecule has 2 rings (SSSR count). The molecule has 1 fully saturated rings. The molecule has 2 atom stereocenters. The van der Waals surface area contributed by atoms with Crippen molar-refractivity contribution in [3.05, 3.63) is 22.4 Å². The summed E-state index contributed by atoms with van der Waals surface area (Å²) in [5.41, 5.74) is 0. The van der Waals surface area contributed by atoms with Crippen molar-refractivity contribution in [2.75, 3.05) is 0 Å². The summed E-state index contributed by atoms with van der Waals surface area (Å²) in [6.45, 7) is 0.798. The molecule has 88 valence electrons. The fourth-order valence-electron chi connectivity index (χ4n) is 2.32. The van der Waals surface area contributed by atoms with E-state index in [1.165, 1.54) is 4.88 Å². The van der Waals surface area contributed by atoms with Gasteiger partial charge in [-0.1, -0.05) is 18.9 Å². The number of rotatable bonds is 4. The highest BCUT2D eigenvalue weighted by Gasteiger charge is 2.30. The molecule has 1 heterocycles. The van der Waals surface area contributed by atoms with Gasteiger partial charge in [-0.2, -0.15) is 0 Å². The molecule has 0 unspecified atom stereocenters. The third-order valence-electron chi connectivity index (χ3n) is 3.20. The van der Waals surface area contributed by atoms with Crippen LogP contribution in [0.15, 0.2) is 17.5 Å². The summed E-state index contributed by atoms with van der Waals surface area (Å²) < 4.78 is 0. The van der Waals surface area contributed by atoms with Crippen molar-refractivity contribution in [3.63, 3.8) is 0 Å². The Balaban J connectivity index is 1.89. The lowest BCUT2D eigenvalue weighted by molar-refractivity contribution is -0.143. The minimum Gasteiger partial charge on any atom is -0.481 e. The van der Waals surface area contributed by atoms with Crippen LogP contribution in [0, 0.1) is 5.92 Å². The fourth-order valence-corrected chi connectivity index (χ4v) is 2.97. The summed E-state index contributed by atoms with van der Waals surface area (Å²) in [5, 5.41) is 14.6. The minimum atomic E-state index is -0.650. The maximum atomic E-state index is 11.1. The summed E-state index contributed by atoms with van der Waals surface area (Å²) >= 11 is 1.71. The molecule has 1 aliphatic carbocycles. The zero-order chi connectivity index (χ0) is 11.4. The van der Waals surface area contributed by atoms with Crippen LogP contribution in [0.2, 0.25) is 0 Å². The normalized spacial score (nSPS) is 25.5. The van der Waals surface area contributed by atoms with Crippen LogP contribution in [-0.4, -0.2) is 17.1 Å². The quantitative estimate of drug-likeness (QED) is 0.848. The second kappa shape index (κ2) is 5.46. The average Bonchev–Trinajstić information content (AvgIpc) is 2.79. The maximum Gasteiger partial charge on any atom is 0.308 e. The van der Waals surface area contributed by atoms with Gasteiger partial charge in [0.2, 0.25) is 0 Å². The van der Waals surface area contributed by atoms with Crippen molar-refractivity contribution in [2.24, 2.45) is 5.92 Å². The molecule has 16 heavy (non-hydrogen) atoms. The lowest BCUT2D eigenvalue weighted by Gasteiger charge is -2.29. The molecule has 0 radical (unpaired) electrons. The van der Waals surface area contributed by atoms with Gasteiger partial charge in [0, 0.05) is 17.5 Å². The zero-order valence-electron chi connectivity index (χ0n) is 9.19. The molecule has 0 saturated heterocycles. The molecule has 0 amide bonds. The molecular weight excluding hydrogens is 222 g/mol. The van der Waals surface area contributed by atoms with Crippen molar-refractivity contribution in [1.29, 1.82) is 0 Å². The summed E-state index contributed by atoms with van der Waals surface area (Å²) in [5.74, 6) is -0.850. The van der Waals surface area contributed by atoms with E-state index in [0.29, 0.717) is 0 Å². The Morgan fingerprint density at radius 1 is 1.50 bits per heavy atom. The van der Waals surface area contributed by atoms with Crippen molar-refractivity contribution in [1.82, 2.24) is 5.32 Å². The number of hydrogen-bond donors (Lipinski definition) is 2. The molecular formula is C12H17NO2S. The Hall–Kier alpha value is -0.870. The first-order valence-electron chi connectivity index (χ1n) is 5.76. The van der Waals surface area contributed by atoms with Crippen molar-refractivity contribution >= 4 is 17.3 Å². The van der Waals surface area contributed by atoms with Gasteiger partial charge < -0.3 is 10.4 Å². The van der Waals surface area contributed by atoms with Crippen LogP contribution in [-0.2, 0) is 11.3 Å². The van der Waals surface area contributed by atoms with E-state index in [2.05, 4.69) is 11.4 Å². The van der Waals surface area contributed by atoms with E-state index < -0.39 is 5.97 Å². The Kier molecular flexibility index (Phi) is 3.96. The summed E-state index contributed by atoms with van der Waals surface area (Å²) in [4.78, 5) is 12.4. The highest BCUT2D eigenvalue weighted by Crippen LogP contribution is 2.25. The molecule has 0 spiro atoms. The van der Waals surface area contributed by atoms with E-state index in [4.69, 9.17) is 5.11 Å². The van der Waals surface area contributed by atoms with Gasteiger partial charge in [0.05, 0.1) is 5.92 Å². The first-order chi connectivity index (χ1) is 7.77. The van der Waals surface area contributed by atoms with Crippen molar-refractivity contribution in [2.45, 2.75) is 38.3 Å². The number of carboxylic acids is 1. The van der Waals surface area contributed by atoms with Gasteiger partial charge in [-0.3, -0.25) is 4.79 Å². The van der Waals surface area contributed by atoms with Crippen LogP contribution in [0.5, 0.6) is 0 Å². The van der Waals surface area contributed by atoms with E-state index in [1.54, 1.807) is 11.3 Å². The SMILES string of the molecule is O=C(O)[C@@H]1CCCC[C@H]1NCc1cccs1. The molecule has 1 saturated carbocycles. The van der Waals surface area contributed by atoms with E-state index in [1.807, 2.05) is 11.4 Å². The Bertz CT molecular complexity index is 337. The van der Waals surface area contributed by atoms with Crippen LogP contribution in [0.3, 0.4) is 0 Å². The van der Waals surface area contributed by atoms with Gasteiger partial charge in [-0.05, 0) is 24.3 Å². The van der Waals surface area contributed by atoms with E-state index in [0.717, 1.165) is 32.2 Å². The average molecular weight is 239 g/mol. The molecule has 2 N–H and O–H groups in total. The van der Waals surface area contributed by atoms with Crippen molar-refractivity contribution < 1.29 is 9.90 Å². The van der Waals surface area contributed by atoms with Gasteiger partial charge >= 0.3 is 5.97 Å². The van der Waals surface area contributed by atoms with E-state index in [9.17, 15) is 4.79 Å². The predicted octanol–water partition coefficient (Wildman–Crippen LogP) is 2.48. The Labute approximate surface area is 99.5 Å². The maximum absolute atomic E-state index is 11.1. The standard InChI is InChI=1S/C12H17NO2S/c14-12(15)10-5-1-2-6-11(10)13-8-9-4-3-7-16-9/h3-4,7,10-11,13H,1-2,5-6,8H2,(H,14,15)/t10-,11-/m1/s1. The minimum absolute atomic E-state index is 0.147. The second-order valence-corrected chi connectivity index (χ2v) is 5.33. The topological polar surface area (TPSA) is 49.3 Å². The second-order valence-electron chi connectivity index (χ2n) is 4.30. The molecule has 1 aromatic rings. The predicted molar refractivity (Wildman–Crippen MR) is 64.5 cm³/mol. The number of carboxylic acid groups (broad SMARTS) is 1. The van der Waals surface area contributed by atoms with E-state index in [-0.39, 0.29) is 12.0 Å². The lowest BCUT2D eigenvalue weighted by Crippen LogP contribution is -2.41. The highest BCUT2D eigenvalue weighted by molar-refractivity contribution is 7.09. The fraction of sp³-hybridized carbons (Fsp3) is 0.583. The third-order valence-corrected chi connectivity index (χ3v) is 4.08. The first-order valence-corrected chi connectivity index (χ1v) is 6.64. The Morgan fingerprint density at radius 3 is 3.00 bits per heavy atom. The number of nitrogens with one attached hydrogen (secondary N) is 1. The number of hydrogen-bond acceptors (Lipinski definition) is 3. The Morgan fingerprint density at radius 2 is 2.31 bits per heavy atom. The summed E-state index contributed by atoms with van der Waals surface area (Å²) in [6.07, 6.45) is 4.00. The van der Waals surface area contributed by atoms with Crippen LogP contribution in [0.1, 0.15) is 30.6 Å². The summed E-state index contributed by atoms with van der Waals surface area (Å²) in [7, 11) is 0. The van der Waals surface area contributed by atoms with Gasteiger partial charge in [0.1, 0.15) is 0 Å². The van der Waals surface area contributed by atoms with E-state index >= 15 is 0 Å². The zero-order valence-corrected chi connectivity index (χ0v) is 10.0. The van der Waals surface area contributed by atoms with Crippen LogP contribution in [0.25, 0.3) is 0 Å². The molecule has 1 aliphatic rings. The molecule has 0 aliphatic heterocycles. The molecule has 0 bridgehead atoms. The van der Waals surface area contributed by atoms with Crippen LogP contribution in [0.4, 0.5) is 0 Å². The lowest BCUT2D eigenvalue weighted by atomic mass is 9.84. The monoisotopic (exact) mass is 239 g/mol. The molecule has 4 heteroatoms. The van der Waals surface area contributed by atoms with Gasteiger partial charge in [-0.15, -0.1) is 11.3 Å². The first kappa shape index (κ1) is 11.6. The number of aliphatic carboxylic acids is 1. The molecule has 1 aromatic heterocycles. The molecule has 0 aromatic carbocycles. The van der Waals surface area contributed by atoms with Crippen LogP contribution < -0.4 is 5.32 Å². The van der Waals surface area contributed by atoms with Crippen LogP contribution >= 0.6 is 11.3 Å². The third kappa shape index (κ3) is 2.83. The summed E-state index contributed by atoms with van der Waals surface area (Å²) in [6, 6.07) is 4.25. The number of thiophene rings is 1.